The van der Waals surface area contributed by atoms with Gasteiger partial charge in [-0.2, -0.15) is 0 Å². The van der Waals surface area contributed by atoms with Crippen LogP contribution in [-0.2, 0) is 9.47 Å². The van der Waals surface area contributed by atoms with Gasteiger partial charge in [-0.3, -0.25) is 0 Å². The number of aliphatic hydroxyl groups is 1. The summed E-state index contributed by atoms with van der Waals surface area (Å²) in [6.07, 6.45) is -0.239. The molecule has 1 aliphatic heterocycles. The fraction of sp³-hybridized carbons (Fsp3) is 0.500. The number of esters is 1. The minimum absolute atomic E-state index is 0.0415. The number of nitrogen functional groups attached to an aromatic ring is 1. The summed E-state index contributed by atoms with van der Waals surface area (Å²) >= 11 is 0. The van der Waals surface area contributed by atoms with Crippen LogP contribution in [0.25, 0.3) is 0 Å². The van der Waals surface area contributed by atoms with Gasteiger partial charge in [0, 0.05) is 18.8 Å². The van der Waals surface area contributed by atoms with E-state index in [9.17, 15) is 9.90 Å². The van der Waals surface area contributed by atoms with Gasteiger partial charge >= 0.3 is 5.97 Å². The van der Waals surface area contributed by atoms with Crippen LogP contribution in [0.5, 0.6) is 0 Å². The zero-order valence-electron chi connectivity index (χ0n) is 11.5. The number of nitrogens with two attached hydrogens (primary N) is 1. The van der Waals surface area contributed by atoms with Gasteiger partial charge in [0.1, 0.15) is 0 Å². The predicted molar refractivity (Wildman–Crippen MR) is 75.8 cm³/mol. The molecule has 1 aliphatic rings. The first-order chi connectivity index (χ1) is 9.65. The lowest BCUT2D eigenvalue weighted by molar-refractivity contribution is 0.00346. The second kappa shape index (κ2) is 6.58. The van der Waals surface area contributed by atoms with Crippen molar-refractivity contribution in [3.63, 3.8) is 0 Å². The molecule has 1 unspecified atom stereocenters. The first-order valence-electron chi connectivity index (χ1n) is 6.69. The molecule has 1 saturated heterocycles. The van der Waals surface area contributed by atoms with Gasteiger partial charge in [0.15, 0.2) is 0 Å². The highest BCUT2D eigenvalue weighted by atomic mass is 16.5. The number of rotatable bonds is 4. The van der Waals surface area contributed by atoms with Gasteiger partial charge in [-0.1, -0.05) is 0 Å². The third kappa shape index (κ3) is 3.20. The SMILES string of the molecule is CCOC(=O)c1cc(N)ccc1N1CCOC(CO)C1. The van der Waals surface area contributed by atoms with Crippen LogP contribution in [0.4, 0.5) is 11.4 Å². The molecule has 3 N–H and O–H groups in total. The Hall–Kier alpha value is -1.79. The van der Waals surface area contributed by atoms with Crippen molar-refractivity contribution in [1.82, 2.24) is 0 Å². The molecule has 110 valence electrons. The third-order valence-electron chi connectivity index (χ3n) is 3.20. The van der Waals surface area contributed by atoms with Gasteiger partial charge in [0.05, 0.1) is 37.2 Å². The molecule has 0 bridgehead atoms. The van der Waals surface area contributed by atoms with Crippen molar-refractivity contribution in [2.24, 2.45) is 0 Å². The summed E-state index contributed by atoms with van der Waals surface area (Å²) < 4.78 is 10.5. The lowest BCUT2D eigenvalue weighted by Gasteiger charge is -2.34. The Morgan fingerprint density at radius 1 is 1.60 bits per heavy atom. The molecule has 2 rings (SSSR count). The summed E-state index contributed by atoms with van der Waals surface area (Å²) in [5, 5.41) is 9.20. The number of hydrogen-bond donors (Lipinski definition) is 2. The Morgan fingerprint density at radius 3 is 3.10 bits per heavy atom. The molecule has 1 heterocycles. The van der Waals surface area contributed by atoms with Gasteiger partial charge < -0.3 is 25.2 Å². The van der Waals surface area contributed by atoms with Crippen molar-refractivity contribution in [3.8, 4) is 0 Å². The van der Waals surface area contributed by atoms with Crippen molar-refractivity contribution < 1.29 is 19.4 Å². The van der Waals surface area contributed by atoms with E-state index in [4.69, 9.17) is 15.2 Å². The maximum absolute atomic E-state index is 12.0. The van der Waals surface area contributed by atoms with E-state index in [1.807, 2.05) is 4.90 Å². The molecule has 20 heavy (non-hydrogen) atoms. The quantitative estimate of drug-likeness (QED) is 0.622. The second-order valence-electron chi connectivity index (χ2n) is 4.62. The highest BCUT2D eigenvalue weighted by Crippen LogP contribution is 2.26. The molecule has 0 aliphatic carbocycles. The van der Waals surface area contributed by atoms with Crippen molar-refractivity contribution >= 4 is 17.3 Å². The molecular weight excluding hydrogens is 260 g/mol. The van der Waals surface area contributed by atoms with E-state index < -0.39 is 0 Å². The molecule has 0 saturated carbocycles. The normalized spacial score (nSPS) is 18.9. The molecule has 1 aromatic carbocycles. The van der Waals surface area contributed by atoms with Gasteiger partial charge in [-0.05, 0) is 25.1 Å². The van der Waals surface area contributed by atoms with E-state index >= 15 is 0 Å². The van der Waals surface area contributed by atoms with Gasteiger partial charge in [-0.25, -0.2) is 4.79 Å². The summed E-state index contributed by atoms with van der Waals surface area (Å²) in [7, 11) is 0. The molecular formula is C14H20N2O4. The van der Waals surface area contributed by atoms with E-state index in [1.165, 1.54) is 0 Å². The second-order valence-corrected chi connectivity index (χ2v) is 4.62. The molecule has 6 heteroatoms. The average Bonchev–Trinajstić information content (AvgIpc) is 2.47. The van der Waals surface area contributed by atoms with Crippen molar-refractivity contribution in [1.29, 1.82) is 0 Å². The fourth-order valence-corrected chi connectivity index (χ4v) is 2.25. The lowest BCUT2D eigenvalue weighted by atomic mass is 10.1. The molecule has 1 atom stereocenters. The minimum Gasteiger partial charge on any atom is -0.462 e. The van der Waals surface area contributed by atoms with E-state index in [0.717, 1.165) is 5.69 Å². The lowest BCUT2D eigenvalue weighted by Crippen LogP contribution is -2.44. The van der Waals surface area contributed by atoms with Crippen LogP contribution in [0.3, 0.4) is 0 Å². The molecule has 1 aromatic rings. The van der Waals surface area contributed by atoms with Crippen LogP contribution in [0.1, 0.15) is 17.3 Å². The standard InChI is InChI=1S/C14H20N2O4/c1-2-19-14(18)12-7-10(15)3-4-13(12)16-5-6-20-11(8-16)9-17/h3-4,7,11,17H,2,5-6,8-9,15H2,1H3. The van der Waals surface area contributed by atoms with Gasteiger partial charge in [0.2, 0.25) is 0 Å². The monoisotopic (exact) mass is 280 g/mol. The molecule has 0 spiro atoms. The van der Waals surface area contributed by atoms with Gasteiger partial charge in [0.25, 0.3) is 0 Å². The minimum atomic E-state index is -0.387. The number of benzene rings is 1. The average molecular weight is 280 g/mol. The summed E-state index contributed by atoms with van der Waals surface area (Å²) in [5.74, 6) is -0.387. The zero-order chi connectivity index (χ0) is 14.5. The Bertz CT molecular complexity index is 478. The predicted octanol–water partition coefficient (Wildman–Crippen LogP) is 0.643. The van der Waals surface area contributed by atoms with Crippen LogP contribution >= 0.6 is 0 Å². The maximum atomic E-state index is 12.0. The Balaban J connectivity index is 2.28. The van der Waals surface area contributed by atoms with Crippen LogP contribution in [0.2, 0.25) is 0 Å². The van der Waals surface area contributed by atoms with E-state index in [0.29, 0.717) is 37.6 Å². The van der Waals surface area contributed by atoms with Gasteiger partial charge in [-0.15, -0.1) is 0 Å². The van der Waals surface area contributed by atoms with Crippen molar-refractivity contribution in [3.05, 3.63) is 23.8 Å². The highest BCUT2D eigenvalue weighted by Gasteiger charge is 2.24. The number of nitrogens with zero attached hydrogens (tertiary/aromatic N) is 1. The molecule has 0 radical (unpaired) electrons. The zero-order valence-corrected chi connectivity index (χ0v) is 11.5. The van der Waals surface area contributed by atoms with Crippen LogP contribution in [-0.4, -0.2) is 50.1 Å². The summed E-state index contributed by atoms with van der Waals surface area (Å²) in [5.41, 5.74) is 7.48. The number of anilines is 2. The number of carbonyl (C=O) groups is 1. The maximum Gasteiger partial charge on any atom is 0.340 e. The Morgan fingerprint density at radius 2 is 2.40 bits per heavy atom. The van der Waals surface area contributed by atoms with Crippen LogP contribution < -0.4 is 10.6 Å². The third-order valence-corrected chi connectivity index (χ3v) is 3.20. The number of morpholine rings is 1. The number of carbonyl (C=O) groups excluding carboxylic acids is 1. The Kier molecular flexibility index (Phi) is 4.81. The van der Waals surface area contributed by atoms with E-state index in [1.54, 1.807) is 25.1 Å². The molecule has 1 fully saturated rings. The summed E-state index contributed by atoms with van der Waals surface area (Å²) in [4.78, 5) is 14.0. The fourth-order valence-electron chi connectivity index (χ4n) is 2.25. The molecule has 0 amide bonds. The van der Waals surface area contributed by atoms with Crippen molar-refractivity contribution in [2.45, 2.75) is 13.0 Å². The number of ether oxygens (including phenoxy) is 2. The van der Waals surface area contributed by atoms with E-state index in [2.05, 4.69) is 0 Å². The summed E-state index contributed by atoms with van der Waals surface area (Å²) in [6.45, 7) is 3.74. The largest absolute Gasteiger partial charge is 0.462 e. The van der Waals surface area contributed by atoms with Crippen molar-refractivity contribution in [2.75, 3.05) is 43.5 Å². The first-order valence-corrected chi connectivity index (χ1v) is 6.69. The summed E-state index contributed by atoms with van der Waals surface area (Å²) in [6, 6.07) is 5.18. The highest BCUT2D eigenvalue weighted by molar-refractivity contribution is 5.97. The molecule has 0 aromatic heterocycles. The number of aliphatic hydroxyl groups excluding tert-OH is 1. The number of hydrogen-bond acceptors (Lipinski definition) is 6. The van der Waals surface area contributed by atoms with Crippen LogP contribution in [0.15, 0.2) is 18.2 Å². The molecule has 6 nitrogen and oxygen atoms in total. The first kappa shape index (κ1) is 14.6. The smallest absolute Gasteiger partial charge is 0.340 e. The Labute approximate surface area is 118 Å². The topological polar surface area (TPSA) is 85.0 Å². The van der Waals surface area contributed by atoms with Crippen LogP contribution in [0, 0.1) is 0 Å². The van der Waals surface area contributed by atoms with E-state index in [-0.39, 0.29) is 18.7 Å².